The highest BCUT2D eigenvalue weighted by Crippen LogP contribution is 2.51. The zero-order valence-electron chi connectivity index (χ0n) is 32.1. The van der Waals surface area contributed by atoms with Crippen molar-refractivity contribution in [3.05, 3.63) is 141 Å². The lowest BCUT2D eigenvalue weighted by molar-refractivity contribution is -0.384. The number of amides is 2. The van der Waals surface area contributed by atoms with Crippen molar-refractivity contribution in [3.8, 4) is 5.75 Å². The molecule has 56 heavy (non-hydrogen) atoms. The molecule has 4 aromatic carbocycles. The predicted octanol–water partition coefficient (Wildman–Crippen LogP) is 8.63. The molecular weight excluding hydrogens is 744 g/mol. The van der Waals surface area contributed by atoms with E-state index >= 15 is 0 Å². The van der Waals surface area contributed by atoms with Crippen LogP contribution in [0, 0.1) is 27.9 Å². The number of allylic oxidation sites excluding steroid dienone is 1. The molecule has 2 saturated heterocycles. The van der Waals surface area contributed by atoms with Gasteiger partial charge in [-0.05, 0) is 82.1 Å². The van der Waals surface area contributed by atoms with Gasteiger partial charge in [-0.2, -0.15) is 0 Å². The van der Waals surface area contributed by atoms with Crippen LogP contribution in [0.2, 0.25) is 10.1 Å². The van der Waals surface area contributed by atoms with E-state index in [0.29, 0.717) is 24.3 Å². The lowest BCUT2D eigenvalue weighted by atomic mass is 9.69. The second-order valence-electron chi connectivity index (χ2n) is 16.0. The number of hydrogen-bond donors (Lipinski definition) is 1. The molecule has 2 aliphatic heterocycles. The van der Waals surface area contributed by atoms with E-state index in [4.69, 9.17) is 20.8 Å². The van der Waals surface area contributed by atoms with Crippen molar-refractivity contribution in [2.24, 2.45) is 17.8 Å². The molecule has 1 N–H and O–H groups in total. The SMILES string of the molecule is CC/C(=C\c1ccc(O)cc1Cl)CC[C@H]1OC[C@H]2C1=C(CO[Si](c1ccccc1)(c1ccccc1)C(C)(C)C)C[C@H]1C(=O)N(c3cccc([N+](=O)[O-])c3)C(=O)[C@H]12. The third-order valence-electron chi connectivity index (χ3n) is 11.7. The first-order valence-corrected chi connectivity index (χ1v) is 21.5. The molecule has 4 atom stereocenters. The fourth-order valence-corrected chi connectivity index (χ4v) is 13.9. The summed E-state index contributed by atoms with van der Waals surface area (Å²) in [4.78, 5) is 41.0. The number of hydrogen-bond acceptors (Lipinski definition) is 7. The van der Waals surface area contributed by atoms with Crippen LogP contribution in [0.5, 0.6) is 5.75 Å². The fourth-order valence-electron chi connectivity index (χ4n) is 9.08. The second kappa shape index (κ2) is 15.9. The van der Waals surface area contributed by atoms with E-state index in [9.17, 15) is 24.8 Å². The highest BCUT2D eigenvalue weighted by molar-refractivity contribution is 6.99. The maximum atomic E-state index is 14.4. The van der Waals surface area contributed by atoms with Gasteiger partial charge in [0.05, 0.1) is 46.8 Å². The van der Waals surface area contributed by atoms with Crippen LogP contribution in [0.1, 0.15) is 58.9 Å². The third kappa shape index (κ3) is 7.27. The Hall–Kier alpha value is -4.87. The lowest BCUT2D eigenvalue weighted by Gasteiger charge is -2.44. The lowest BCUT2D eigenvalue weighted by Crippen LogP contribution is -2.66. The molecule has 1 aliphatic carbocycles. The number of halogens is 1. The normalized spacial score (nSPS) is 21.4. The smallest absolute Gasteiger partial charge is 0.271 e. The minimum absolute atomic E-state index is 0.106. The summed E-state index contributed by atoms with van der Waals surface area (Å²) >= 11 is 6.47. The Kier molecular flexibility index (Phi) is 11.2. The van der Waals surface area contributed by atoms with Crippen LogP contribution in [0.4, 0.5) is 11.4 Å². The van der Waals surface area contributed by atoms with E-state index in [1.807, 2.05) is 12.1 Å². The average molecular weight is 791 g/mol. The number of carbonyl (C=O) groups is 2. The molecule has 9 nitrogen and oxygen atoms in total. The highest BCUT2D eigenvalue weighted by atomic mass is 35.5. The van der Waals surface area contributed by atoms with Crippen molar-refractivity contribution >= 4 is 59.6 Å². The number of benzene rings is 4. The quantitative estimate of drug-likeness (QED) is 0.0502. The highest BCUT2D eigenvalue weighted by Gasteiger charge is 2.58. The largest absolute Gasteiger partial charge is 0.508 e. The molecule has 0 radical (unpaired) electrons. The Morgan fingerprint density at radius 1 is 0.964 bits per heavy atom. The molecule has 2 amide bonds. The van der Waals surface area contributed by atoms with E-state index in [0.717, 1.165) is 44.0 Å². The second-order valence-corrected chi connectivity index (χ2v) is 20.7. The van der Waals surface area contributed by atoms with Gasteiger partial charge in [-0.3, -0.25) is 19.7 Å². The molecular formula is C45H47ClN2O7Si. The maximum absolute atomic E-state index is 14.4. The molecule has 0 spiro atoms. The van der Waals surface area contributed by atoms with Crippen molar-refractivity contribution in [1.82, 2.24) is 0 Å². The number of nitrogens with zero attached hydrogens (tertiary/aromatic N) is 2. The predicted molar refractivity (Wildman–Crippen MR) is 222 cm³/mol. The monoisotopic (exact) mass is 790 g/mol. The first-order valence-electron chi connectivity index (χ1n) is 19.2. The number of ether oxygens (including phenoxy) is 1. The number of nitro benzene ring substituents is 1. The van der Waals surface area contributed by atoms with Gasteiger partial charge in [0.15, 0.2) is 0 Å². The van der Waals surface area contributed by atoms with Gasteiger partial charge in [-0.15, -0.1) is 0 Å². The number of non-ortho nitro benzene ring substituents is 1. The van der Waals surface area contributed by atoms with Gasteiger partial charge in [0.1, 0.15) is 5.75 Å². The number of fused-ring (bicyclic) bond motifs is 3. The molecule has 7 rings (SSSR count). The standard InChI is InChI=1S/C45H47ClN2O7Si/c1-5-29(23-30-20-21-34(49)26-39(30)46)19-22-40-41-31(27-55-56(45(2,3)4,35-15-8-6-9-16-35)36-17-10-7-11-18-36)24-37-42(38(41)28-54-40)44(51)47(43(37)50)32-13-12-14-33(25-32)48(52)53/h6-18,20-21,23,25-26,37-38,40,42,49H,5,19,22,24,27-28H2,1-4H3/b29-23+/t37-,38+,40-,42-/m1/s1. The van der Waals surface area contributed by atoms with Gasteiger partial charge in [0.2, 0.25) is 11.8 Å². The molecule has 0 bridgehead atoms. The molecule has 290 valence electrons. The van der Waals surface area contributed by atoms with Crippen LogP contribution in [-0.4, -0.2) is 49.5 Å². The van der Waals surface area contributed by atoms with E-state index < -0.39 is 25.1 Å². The average Bonchev–Trinajstić information content (AvgIpc) is 3.72. The van der Waals surface area contributed by atoms with Crippen molar-refractivity contribution in [2.45, 2.75) is 64.5 Å². The zero-order valence-corrected chi connectivity index (χ0v) is 33.9. The molecule has 0 aromatic heterocycles. The number of aromatic hydroxyl groups is 1. The summed E-state index contributed by atoms with van der Waals surface area (Å²) in [6.45, 7) is 9.33. The molecule has 2 heterocycles. The van der Waals surface area contributed by atoms with Crippen molar-refractivity contribution in [3.63, 3.8) is 0 Å². The Morgan fingerprint density at radius 2 is 1.64 bits per heavy atom. The number of imide groups is 1. The first-order chi connectivity index (χ1) is 26.8. The van der Waals surface area contributed by atoms with Crippen molar-refractivity contribution in [2.75, 3.05) is 18.1 Å². The van der Waals surface area contributed by atoms with E-state index in [1.165, 1.54) is 24.3 Å². The summed E-state index contributed by atoms with van der Waals surface area (Å²) in [5.41, 5.74) is 4.02. The maximum Gasteiger partial charge on any atom is 0.271 e. The van der Waals surface area contributed by atoms with Gasteiger partial charge in [-0.25, -0.2) is 4.90 Å². The van der Waals surface area contributed by atoms with Gasteiger partial charge in [0.25, 0.3) is 14.0 Å². The summed E-state index contributed by atoms with van der Waals surface area (Å²) < 4.78 is 14.1. The topological polar surface area (TPSA) is 119 Å². The number of anilines is 1. The van der Waals surface area contributed by atoms with Crippen LogP contribution in [0.25, 0.3) is 6.08 Å². The third-order valence-corrected chi connectivity index (χ3v) is 17.0. The number of rotatable bonds is 12. The summed E-state index contributed by atoms with van der Waals surface area (Å²) in [5, 5.41) is 24.0. The van der Waals surface area contributed by atoms with Crippen molar-refractivity contribution in [1.29, 1.82) is 0 Å². The Labute approximate surface area is 333 Å². The molecule has 4 aromatic rings. The molecule has 0 saturated carbocycles. The number of phenols is 1. The fraction of sp³-hybridized carbons (Fsp3) is 0.333. The zero-order chi connectivity index (χ0) is 39.8. The Morgan fingerprint density at radius 3 is 2.25 bits per heavy atom. The Bertz CT molecular complexity index is 2160. The summed E-state index contributed by atoms with van der Waals surface area (Å²) in [6, 6.07) is 31.5. The molecule has 2 fully saturated rings. The summed E-state index contributed by atoms with van der Waals surface area (Å²) in [7, 11) is -2.98. The summed E-state index contributed by atoms with van der Waals surface area (Å²) in [5.74, 6) is -2.26. The molecule has 0 unspecified atom stereocenters. The Balaban J connectivity index is 1.28. The van der Waals surface area contributed by atoms with Gasteiger partial charge in [-0.1, -0.05) is 118 Å². The summed E-state index contributed by atoms with van der Waals surface area (Å²) in [6.07, 6.45) is 4.22. The van der Waals surface area contributed by atoms with E-state index in [-0.39, 0.29) is 59.2 Å². The van der Waals surface area contributed by atoms with E-state index in [1.54, 1.807) is 18.2 Å². The first kappa shape index (κ1) is 39.4. The number of phenolic OH excluding ortho intramolecular Hbond substituents is 1. The van der Waals surface area contributed by atoms with Crippen molar-refractivity contribution < 1.29 is 28.8 Å². The minimum atomic E-state index is -2.98. The number of carbonyl (C=O) groups excluding carboxylic acids is 2. The van der Waals surface area contributed by atoms with Crippen LogP contribution in [0.3, 0.4) is 0 Å². The van der Waals surface area contributed by atoms with Crippen LogP contribution < -0.4 is 15.3 Å². The van der Waals surface area contributed by atoms with Crippen LogP contribution >= 0.6 is 11.6 Å². The van der Waals surface area contributed by atoms with Gasteiger partial charge >= 0.3 is 0 Å². The minimum Gasteiger partial charge on any atom is -0.508 e. The van der Waals surface area contributed by atoms with Crippen LogP contribution in [0.15, 0.2) is 120 Å². The van der Waals surface area contributed by atoms with E-state index in [2.05, 4.69) is 82.3 Å². The van der Waals surface area contributed by atoms with Gasteiger partial charge < -0.3 is 14.3 Å². The van der Waals surface area contributed by atoms with Crippen LogP contribution in [-0.2, 0) is 18.8 Å². The molecule has 11 heteroatoms. The molecule has 3 aliphatic rings. The van der Waals surface area contributed by atoms with Gasteiger partial charge in [0, 0.05) is 18.1 Å². The number of nitro groups is 1.